The second-order valence-electron chi connectivity index (χ2n) is 7.33. The summed E-state index contributed by atoms with van der Waals surface area (Å²) in [6, 6.07) is 4.10. The fourth-order valence-corrected chi connectivity index (χ4v) is 4.17. The molecular weight excluding hydrogens is 318 g/mol. The van der Waals surface area contributed by atoms with Gasteiger partial charge in [0, 0.05) is 44.5 Å². The lowest BCUT2D eigenvalue weighted by atomic mass is 9.90. The third-order valence-corrected chi connectivity index (χ3v) is 5.70. The van der Waals surface area contributed by atoms with Crippen molar-refractivity contribution in [1.82, 2.24) is 14.8 Å². The van der Waals surface area contributed by atoms with Crippen LogP contribution in [0.15, 0.2) is 24.5 Å². The number of aliphatic carboxylic acids is 1. The smallest absolute Gasteiger partial charge is 0.308 e. The number of carboxylic acid groups (broad SMARTS) is 1. The standard InChI is InChI=1S/C19H27N3O3/c1-21(15-7-3-2-4-8-15)18(23)13-22-11-16(17(12-22)19(24)25)14-6-5-9-20-10-14/h5-6,9-10,15-17H,2-4,7-8,11-13H2,1H3,(H,24,25)/t16-,17+/m0/s1. The molecular formula is C19H27N3O3. The quantitative estimate of drug-likeness (QED) is 0.883. The number of amides is 1. The van der Waals surface area contributed by atoms with E-state index < -0.39 is 11.9 Å². The number of carboxylic acids is 1. The van der Waals surface area contributed by atoms with Gasteiger partial charge in [0.25, 0.3) is 0 Å². The van der Waals surface area contributed by atoms with Crippen LogP contribution in [0.4, 0.5) is 0 Å². The Morgan fingerprint density at radius 2 is 2.04 bits per heavy atom. The lowest BCUT2D eigenvalue weighted by Gasteiger charge is -2.32. The van der Waals surface area contributed by atoms with Crippen molar-refractivity contribution in [3.05, 3.63) is 30.1 Å². The van der Waals surface area contributed by atoms with Crippen molar-refractivity contribution in [2.24, 2.45) is 5.92 Å². The number of nitrogens with zero attached hydrogens (tertiary/aromatic N) is 3. The fraction of sp³-hybridized carbons (Fsp3) is 0.632. The summed E-state index contributed by atoms with van der Waals surface area (Å²) in [4.78, 5) is 32.3. The van der Waals surface area contributed by atoms with E-state index in [0.29, 0.717) is 25.7 Å². The Morgan fingerprint density at radius 1 is 1.28 bits per heavy atom. The minimum atomic E-state index is -0.801. The van der Waals surface area contributed by atoms with Crippen LogP contribution in [0.2, 0.25) is 0 Å². The molecule has 6 nitrogen and oxygen atoms in total. The van der Waals surface area contributed by atoms with E-state index in [1.165, 1.54) is 19.3 Å². The third-order valence-electron chi connectivity index (χ3n) is 5.70. The van der Waals surface area contributed by atoms with E-state index in [0.717, 1.165) is 18.4 Å². The molecule has 1 aliphatic heterocycles. The van der Waals surface area contributed by atoms with E-state index in [4.69, 9.17) is 0 Å². The summed E-state index contributed by atoms with van der Waals surface area (Å²) in [5.74, 6) is -1.30. The first kappa shape index (κ1) is 17.9. The zero-order chi connectivity index (χ0) is 17.8. The van der Waals surface area contributed by atoms with Crippen molar-refractivity contribution in [2.45, 2.75) is 44.1 Å². The van der Waals surface area contributed by atoms with Crippen LogP contribution < -0.4 is 0 Å². The molecule has 6 heteroatoms. The highest BCUT2D eigenvalue weighted by molar-refractivity contribution is 5.79. The van der Waals surface area contributed by atoms with Crippen molar-refractivity contribution >= 4 is 11.9 Å². The van der Waals surface area contributed by atoms with Crippen molar-refractivity contribution < 1.29 is 14.7 Å². The van der Waals surface area contributed by atoms with Gasteiger partial charge >= 0.3 is 5.97 Å². The van der Waals surface area contributed by atoms with Gasteiger partial charge < -0.3 is 10.0 Å². The molecule has 1 amide bonds. The molecule has 1 saturated carbocycles. The van der Waals surface area contributed by atoms with Crippen LogP contribution in [0, 0.1) is 5.92 Å². The second kappa shape index (κ2) is 7.95. The van der Waals surface area contributed by atoms with Gasteiger partial charge in [-0.05, 0) is 24.5 Å². The molecule has 0 spiro atoms. The summed E-state index contributed by atoms with van der Waals surface area (Å²) in [6.07, 6.45) is 9.23. The molecule has 1 aromatic heterocycles. The highest BCUT2D eigenvalue weighted by atomic mass is 16.4. The Balaban J connectivity index is 1.63. The van der Waals surface area contributed by atoms with E-state index in [-0.39, 0.29) is 11.8 Å². The lowest BCUT2D eigenvalue weighted by Crippen LogP contribution is -2.43. The number of hydrogen-bond acceptors (Lipinski definition) is 4. The van der Waals surface area contributed by atoms with Crippen LogP contribution in [-0.4, -0.2) is 64.5 Å². The number of aromatic nitrogens is 1. The first-order valence-electron chi connectivity index (χ1n) is 9.17. The highest BCUT2D eigenvalue weighted by Gasteiger charge is 2.39. The van der Waals surface area contributed by atoms with Crippen LogP contribution >= 0.6 is 0 Å². The van der Waals surface area contributed by atoms with Gasteiger partial charge in [-0.25, -0.2) is 0 Å². The molecule has 1 aromatic rings. The Bertz CT molecular complexity index is 601. The SMILES string of the molecule is CN(C(=O)CN1C[C@@H](C(=O)O)[C@H](c2cccnc2)C1)C1CCCCC1. The van der Waals surface area contributed by atoms with Crippen molar-refractivity contribution in [1.29, 1.82) is 0 Å². The van der Waals surface area contributed by atoms with Crippen molar-refractivity contribution in [3.63, 3.8) is 0 Å². The first-order chi connectivity index (χ1) is 12.1. The van der Waals surface area contributed by atoms with Gasteiger partial charge in [-0.1, -0.05) is 25.3 Å². The maximum atomic E-state index is 12.6. The Labute approximate surface area is 148 Å². The zero-order valence-corrected chi connectivity index (χ0v) is 14.8. The maximum Gasteiger partial charge on any atom is 0.308 e. The molecule has 136 valence electrons. The zero-order valence-electron chi connectivity index (χ0n) is 14.8. The number of rotatable bonds is 5. The molecule has 0 unspecified atom stereocenters. The number of likely N-dealkylation sites (tertiary alicyclic amines) is 1. The van der Waals surface area contributed by atoms with Gasteiger partial charge in [-0.2, -0.15) is 0 Å². The number of carbonyl (C=O) groups excluding carboxylic acids is 1. The van der Waals surface area contributed by atoms with E-state index >= 15 is 0 Å². The molecule has 1 saturated heterocycles. The van der Waals surface area contributed by atoms with Crippen LogP contribution in [0.5, 0.6) is 0 Å². The number of carbonyl (C=O) groups is 2. The van der Waals surface area contributed by atoms with Gasteiger partial charge in [-0.3, -0.25) is 19.5 Å². The summed E-state index contributed by atoms with van der Waals surface area (Å²) in [7, 11) is 1.89. The molecule has 1 N–H and O–H groups in total. The molecule has 2 heterocycles. The molecule has 1 aliphatic carbocycles. The van der Waals surface area contributed by atoms with Crippen molar-refractivity contribution in [3.8, 4) is 0 Å². The predicted octanol–water partition coefficient (Wildman–Crippen LogP) is 1.97. The minimum absolute atomic E-state index is 0.0999. The third kappa shape index (κ3) is 4.18. The Kier molecular flexibility index (Phi) is 5.68. The summed E-state index contributed by atoms with van der Waals surface area (Å²) in [5, 5.41) is 9.57. The summed E-state index contributed by atoms with van der Waals surface area (Å²) in [6.45, 7) is 1.31. The average molecular weight is 345 g/mol. The molecule has 3 rings (SSSR count). The first-order valence-corrected chi connectivity index (χ1v) is 9.17. The van der Waals surface area contributed by atoms with Crippen molar-refractivity contribution in [2.75, 3.05) is 26.7 Å². The monoisotopic (exact) mass is 345 g/mol. The van der Waals surface area contributed by atoms with E-state index in [9.17, 15) is 14.7 Å². The topological polar surface area (TPSA) is 73.7 Å². The summed E-state index contributed by atoms with van der Waals surface area (Å²) in [5.41, 5.74) is 0.936. The summed E-state index contributed by atoms with van der Waals surface area (Å²) < 4.78 is 0. The minimum Gasteiger partial charge on any atom is -0.481 e. The molecule has 2 aliphatic rings. The largest absolute Gasteiger partial charge is 0.481 e. The van der Waals surface area contributed by atoms with E-state index in [1.54, 1.807) is 12.4 Å². The second-order valence-corrected chi connectivity index (χ2v) is 7.33. The average Bonchev–Trinajstić information content (AvgIpc) is 3.06. The van der Waals surface area contributed by atoms with Gasteiger partial charge in [0.1, 0.15) is 0 Å². The molecule has 2 atom stereocenters. The molecule has 2 fully saturated rings. The fourth-order valence-electron chi connectivity index (χ4n) is 4.17. The van der Waals surface area contributed by atoms with Crippen LogP contribution in [0.1, 0.15) is 43.6 Å². The molecule has 0 radical (unpaired) electrons. The van der Waals surface area contributed by atoms with E-state index in [1.807, 2.05) is 29.0 Å². The maximum absolute atomic E-state index is 12.6. The number of pyridine rings is 1. The van der Waals surface area contributed by atoms with Crippen LogP contribution in [0.3, 0.4) is 0 Å². The normalized spacial score (nSPS) is 25.0. The number of likely N-dealkylation sites (N-methyl/N-ethyl adjacent to an activating group) is 1. The molecule has 0 bridgehead atoms. The van der Waals surface area contributed by atoms with Crippen LogP contribution in [0.25, 0.3) is 0 Å². The van der Waals surface area contributed by atoms with Gasteiger partial charge in [0.15, 0.2) is 0 Å². The Hall–Kier alpha value is -1.95. The number of hydrogen-bond donors (Lipinski definition) is 1. The van der Waals surface area contributed by atoms with Crippen LogP contribution in [-0.2, 0) is 9.59 Å². The molecule has 25 heavy (non-hydrogen) atoms. The highest BCUT2D eigenvalue weighted by Crippen LogP contribution is 2.32. The lowest BCUT2D eigenvalue weighted by molar-refractivity contribution is -0.142. The van der Waals surface area contributed by atoms with Gasteiger partial charge in [0.2, 0.25) is 5.91 Å². The van der Waals surface area contributed by atoms with Gasteiger partial charge in [0.05, 0.1) is 12.5 Å². The Morgan fingerprint density at radius 3 is 2.68 bits per heavy atom. The summed E-state index contributed by atoms with van der Waals surface area (Å²) >= 11 is 0. The predicted molar refractivity (Wildman–Crippen MR) is 94.2 cm³/mol. The van der Waals surface area contributed by atoms with Gasteiger partial charge in [-0.15, -0.1) is 0 Å². The van der Waals surface area contributed by atoms with E-state index in [2.05, 4.69) is 4.98 Å². The molecule has 0 aromatic carbocycles.